The Labute approximate surface area is 179 Å². The van der Waals surface area contributed by atoms with E-state index in [1.54, 1.807) is 0 Å². The Balaban J connectivity index is 3.99. The van der Waals surface area contributed by atoms with E-state index in [1.165, 1.54) is 38.1 Å². The second-order valence-corrected chi connectivity index (χ2v) is 25.0. The lowest BCUT2D eigenvalue weighted by molar-refractivity contribution is 0.264. The van der Waals surface area contributed by atoms with Crippen LogP contribution >= 0.6 is 7.34 Å². The van der Waals surface area contributed by atoms with Crippen LogP contribution < -0.4 is 0 Å². The molecule has 0 rings (SSSR count). The Morgan fingerprint density at radius 3 is 1.61 bits per heavy atom. The monoisotopic (exact) mass is 468 g/mol. The van der Waals surface area contributed by atoms with Gasteiger partial charge >= 0.3 is 8.56 Å². The van der Waals surface area contributed by atoms with Gasteiger partial charge in [0.05, 0.1) is 13.2 Å². The van der Waals surface area contributed by atoms with Gasteiger partial charge in [-0.15, -0.1) is 0 Å². The zero-order chi connectivity index (χ0) is 21.9. The van der Waals surface area contributed by atoms with Gasteiger partial charge < -0.3 is 17.3 Å². The molecule has 0 aliphatic heterocycles. The molecular weight excluding hydrogens is 419 g/mol. The fraction of sp³-hybridized carbons (Fsp3) is 0.950. The Bertz CT molecular complexity index is 455. The van der Waals surface area contributed by atoms with Crippen LogP contribution in [0.3, 0.4) is 0 Å². The second kappa shape index (κ2) is 13.3. The molecule has 28 heavy (non-hydrogen) atoms. The smallest absolute Gasteiger partial charge is 0.311 e. The molecule has 0 saturated carbocycles. The van der Waals surface area contributed by atoms with Gasteiger partial charge in [-0.25, -0.2) is 0 Å². The molecule has 0 atom stereocenters. The summed E-state index contributed by atoms with van der Waals surface area (Å²) in [5, 5.41) is 0. The van der Waals surface area contributed by atoms with Gasteiger partial charge in [0.25, 0.3) is 0 Å². The quantitative estimate of drug-likeness (QED) is 0.126. The molecule has 8 heteroatoms. The van der Waals surface area contributed by atoms with E-state index in [0.717, 1.165) is 12.6 Å². The van der Waals surface area contributed by atoms with Crippen molar-refractivity contribution in [1.82, 2.24) is 0 Å². The van der Waals surface area contributed by atoms with Crippen LogP contribution in [0.2, 0.25) is 51.9 Å². The highest BCUT2D eigenvalue weighted by atomic mass is 31.2. The second-order valence-electron chi connectivity index (χ2n) is 9.72. The van der Waals surface area contributed by atoms with Crippen LogP contribution in [0.15, 0.2) is 0 Å². The summed E-state index contributed by atoms with van der Waals surface area (Å²) in [4.78, 5) is 0. The third kappa shape index (κ3) is 15.6. The average Bonchev–Trinajstić information content (AvgIpc) is 2.46. The molecule has 0 aliphatic rings. The standard InChI is InChI=1S/C20H49O4PSi3/c1-11-21-25(3,22-12-2)19-17-15-13-14-16-18-20-27(7,8)24-28(9,10)23-26(4,5)6/h3,11-20H2,1-2,4-10H3. The molecule has 0 spiro atoms. The highest BCUT2D eigenvalue weighted by molar-refractivity contribution is 7.64. The molecule has 0 heterocycles. The van der Waals surface area contributed by atoms with Crippen LogP contribution in [0.1, 0.15) is 52.4 Å². The molecule has 0 aliphatic carbocycles. The Kier molecular flexibility index (Phi) is 13.6. The van der Waals surface area contributed by atoms with Gasteiger partial charge in [-0.1, -0.05) is 38.4 Å². The largest absolute Gasteiger partial charge is 0.437 e. The molecule has 0 radical (unpaired) electrons. The van der Waals surface area contributed by atoms with Crippen molar-refractivity contribution in [1.29, 1.82) is 0 Å². The lowest BCUT2D eigenvalue weighted by Gasteiger charge is -2.37. The summed E-state index contributed by atoms with van der Waals surface area (Å²) in [5.74, 6) is 0. The predicted molar refractivity (Wildman–Crippen MR) is 135 cm³/mol. The van der Waals surface area contributed by atoms with E-state index in [1.807, 2.05) is 13.8 Å². The Morgan fingerprint density at radius 1 is 0.679 bits per heavy atom. The zero-order valence-electron chi connectivity index (χ0n) is 20.4. The highest BCUT2D eigenvalue weighted by Gasteiger charge is 2.37. The van der Waals surface area contributed by atoms with Crippen molar-refractivity contribution < 1.29 is 17.3 Å². The van der Waals surface area contributed by atoms with Crippen LogP contribution in [0.4, 0.5) is 0 Å². The van der Waals surface area contributed by atoms with Gasteiger partial charge in [0.15, 0.2) is 16.6 Å². The Morgan fingerprint density at radius 2 is 1.14 bits per heavy atom. The molecule has 0 unspecified atom stereocenters. The van der Waals surface area contributed by atoms with Crippen molar-refractivity contribution in [3.05, 3.63) is 0 Å². The van der Waals surface area contributed by atoms with E-state index in [-0.39, 0.29) is 0 Å². The van der Waals surface area contributed by atoms with E-state index < -0.39 is 32.5 Å². The summed E-state index contributed by atoms with van der Waals surface area (Å²) in [6.45, 7) is 21.3. The van der Waals surface area contributed by atoms with E-state index in [0.29, 0.717) is 13.2 Å². The summed E-state index contributed by atoms with van der Waals surface area (Å²) in [6.07, 6.45) is 12.8. The number of hydrogen-bond donors (Lipinski definition) is 0. The van der Waals surface area contributed by atoms with Crippen molar-refractivity contribution >= 4 is 38.8 Å². The fourth-order valence-corrected chi connectivity index (χ4v) is 19.0. The Hall–Kier alpha value is 0.791. The number of hydrogen-bond acceptors (Lipinski definition) is 4. The molecule has 0 fully saturated rings. The molecule has 0 aromatic rings. The summed E-state index contributed by atoms with van der Waals surface area (Å²) < 4.78 is 24.5. The van der Waals surface area contributed by atoms with E-state index in [4.69, 9.17) is 17.3 Å². The maximum atomic E-state index is 6.59. The molecule has 0 bridgehead atoms. The van der Waals surface area contributed by atoms with Gasteiger partial charge in [0.1, 0.15) is 7.34 Å². The normalized spacial score (nSPS) is 13.9. The number of unbranched alkanes of at least 4 members (excludes halogenated alkanes) is 5. The summed E-state index contributed by atoms with van der Waals surface area (Å²) >= 11 is 0. The van der Waals surface area contributed by atoms with Crippen LogP contribution in [-0.4, -0.2) is 50.9 Å². The minimum atomic E-state index is -2.00. The minimum Gasteiger partial charge on any atom is -0.437 e. The summed E-state index contributed by atoms with van der Waals surface area (Å²) in [6, 6.07) is 1.24. The summed E-state index contributed by atoms with van der Waals surface area (Å²) in [5.41, 5.74) is 0. The maximum Gasteiger partial charge on any atom is 0.311 e. The lowest BCUT2D eigenvalue weighted by Crippen LogP contribution is -2.51. The molecule has 0 N–H and O–H groups in total. The van der Waals surface area contributed by atoms with Gasteiger partial charge in [-0.2, -0.15) is 0 Å². The predicted octanol–water partition coefficient (Wildman–Crippen LogP) is 7.45. The van der Waals surface area contributed by atoms with E-state index in [9.17, 15) is 0 Å². The van der Waals surface area contributed by atoms with E-state index >= 15 is 0 Å². The van der Waals surface area contributed by atoms with Crippen molar-refractivity contribution in [3.8, 4) is 0 Å². The van der Waals surface area contributed by atoms with Crippen molar-refractivity contribution in [2.24, 2.45) is 0 Å². The zero-order valence-corrected chi connectivity index (χ0v) is 24.3. The summed E-state index contributed by atoms with van der Waals surface area (Å²) in [7, 11) is -7.02. The van der Waals surface area contributed by atoms with Crippen LogP contribution in [0.25, 0.3) is 0 Å². The van der Waals surface area contributed by atoms with Crippen LogP contribution in [-0.2, 0) is 17.3 Å². The topological polar surface area (TPSA) is 36.9 Å². The van der Waals surface area contributed by atoms with Gasteiger partial charge in [-0.3, -0.25) is 0 Å². The molecule has 0 aromatic carbocycles. The minimum absolute atomic E-state index is 0.696. The van der Waals surface area contributed by atoms with Crippen LogP contribution in [0, 0.1) is 0 Å². The van der Waals surface area contributed by atoms with E-state index in [2.05, 4.69) is 52.1 Å². The third-order valence-corrected chi connectivity index (χ3v) is 16.9. The van der Waals surface area contributed by atoms with Crippen molar-refractivity contribution in [3.63, 3.8) is 0 Å². The first-order valence-corrected chi connectivity index (χ1v) is 22.5. The van der Waals surface area contributed by atoms with Crippen molar-refractivity contribution in [2.45, 2.75) is 104 Å². The van der Waals surface area contributed by atoms with Gasteiger partial charge in [0.2, 0.25) is 0 Å². The first-order valence-electron chi connectivity index (χ1n) is 11.2. The fourth-order valence-electron chi connectivity index (χ4n) is 3.72. The number of rotatable bonds is 17. The van der Waals surface area contributed by atoms with Gasteiger partial charge in [-0.05, 0) is 72.1 Å². The van der Waals surface area contributed by atoms with Crippen molar-refractivity contribution in [2.75, 3.05) is 19.4 Å². The first kappa shape index (κ1) is 28.8. The third-order valence-electron chi connectivity index (χ3n) is 4.33. The maximum absolute atomic E-state index is 6.59. The molecule has 0 amide bonds. The molecular formula is C20H49O4PSi3. The SMILES string of the molecule is C=P(CCCCCCCC[Si](C)(C)O[Si](C)(C)O[Si](C)(C)C)(OCC)OCC. The average molecular weight is 469 g/mol. The molecule has 0 saturated heterocycles. The first-order chi connectivity index (χ1) is 12.7. The molecule has 0 aromatic heterocycles. The van der Waals surface area contributed by atoms with Gasteiger partial charge in [0, 0.05) is 6.16 Å². The lowest BCUT2D eigenvalue weighted by atomic mass is 10.1. The van der Waals surface area contributed by atoms with Crippen LogP contribution in [0.5, 0.6) is 0 Å². The molecule has 170 valence electrons. The molecule has 4 nitrogen and oxygen atoms in total. The highest BCUT2D eigenvalue weighted by Crippen LogP contribution is 2.48.